The molecule has 0 saturated carbocycles. The van der Waals surface area contributed by atoms with Crippen molar-refractivity contribution in [2.45, 2.75) is 59.3 Å². The van der Waals surface area contributed by atoms with Gasteiger partial charge in [0.15, 0.2) is 0 Å². The predicted molar refractivity (Wildman–Crippen MR) is 284 cm³/mol. The van der Waals surface area contributed by atoms with Crippen LogP contribution in [0.15, 0.2) is 188 Å². The predicted octanol–water partition coefficient (Wildman–Crippen LogP) is 17.5. The van der Waals surface area contributed by atoms with E-state index < -0.39 is 0 Å². The number of ether oxygens (including phenoxy) is 2. The molecule has 1 aliphatic heterocycles. The number of pyridine rings is 1. The molecule has 7 heteroatoms. The van der Waals surface area contributed by atoms with E-state index in [1.807, 2.05) is 36.5 Å². The summed E-state index contributed by atoms with van der Waals surface area (Å²) in [6, 6.07) is 70.7. The summed E-state index contributed by atoms with van der Waals surface area (Å²) in [5.74, 6) is 4.52. The normalized spacial score (nSPS) is 12.3. The van der Waals surface area contributed by atoms with Crippen LogP contribution in [0.5, 0.6) is 23.0 Å². The van der Waals surface area contributed by atoms with Crippen molar-refractivity contribution in [1.29, 1.82) is 0 Å². The van der Waals surface area contributed by atoms with Gasteiger partial charge in [-0.1, -0.05) is 168 Å². The van der Waals surface area contributed by atoms with Gasteiger partial charge in [-0.15, -0.1) is 48.1 Å². The summed E-state index contributed by atoms with van der Waals surface area (Å²) >= 11 is 0. The second-order valence-corrected chi connectivity index (χ2v) is 18.7. The van der Waals surface area contributed by atoms with Crippen LogP contribution in [0.4, 0.5) is 22.7 Å². The molecule has 0 saturated heterocycles. The van der Waals surface area contributed by atoms with E-state index in [0.29, 0.717) is 17.4 Å². The molecular weight excluding hydrogens is 1040 g/mol. The molecule has 8 aromatic carbocycles. The number of nitrogens with zero attached hydrogens (tertiary/aromatic N) is 4. The second-order valence-electron chi connectivity index (χ2n) is 18.7. The van der Waals surface area contributed by atoms with Gasteiger partial charge in [0, 0.05) is 78.5 Å². The van der Waals surface area contributed by atoms with Gasteiger partial charge in [0.25, 0.3) is 0 Å². The maximum Gasteiger partial charge on any atom is 0.139 e. The SMILES string of the molecule is CC(C)c1cc(C(C)C)c(Oc2ccnc(-n3c4[c-]c(Oc5[c-]c(N6[CH-]N(c7c(-c8ccccc8)cccc7-c7ccccc7)c7ccccc76)ccc5)ccc4c4ccccc43)c2)c(C(C)C)c1.[Pt]. The average molecular weight is 1090 g/mol. The van der Waals surface area contributed by atoms with Gasteiger partial charge in [0.1, 0.15) is 17.3 Å². The number of benzene rings is 8. The zero-order valence-corrected chi connectivity index (χ0v) is 42.4. The van der Waals surface area contributed by atoms with E-state index in [0.717, 1.165) is 84.1 Å². The van der Waals surface area contributed by atoms with Gasteiger partial charge < -0.3 is 23.8 Å². The summed E-state index contributed by atoms with van der Waals surface area (Å²) in [6.07, 6.45) is 1.83. The molecule has 11 rings (SSSR count). The van der Waals surface area contributed by atoms with Gasteiger partial charge >= 0.3 is 0 Å². The minimum Gasteiger partial charge on any atom is -0.509 e. The molecule has 350 valence electrons. The average Bonchev–Trinajstić information content (AvgIpc) is 3.92. The molecule has 0 atom stereocenters. The molecule has 0 aliphatic carbocycles. The first-order valence-corrected chi connectivity index (χ1v) is 23.9. The van der Waals surface area contributed by atoms with Crippen molar-refractivity contribution in [1.82, 2.24) is 9.55 Å². The molecule has 0 unspecified atom stereocenters. The van der Waals surface area contributed by atoms with Crippen LogP contribution >= 0.6 is 0 Å². The quantitative estimate of drug-likeness (QED) is 0.114. The van der Waals surface area contributed by atoms with E-state index >= 15 is 0 Å². The number of para-hydroxylation sites is 4. The van der Waals surface area contributed by atoms with Crippen molar-refractivity contribution < 1.29 is 30.5 Å². The standard InChI is InChI=1S/C63H53N4O2.Pt/c1-41(2)46-35-55(42(3)4)63(56(36-46)43(5)6)69-50-33-34-64-61(39-50)67-57-28-14-13-25-53(57)54-32-31-49(38-60(54)67)68-48-24-17-23-47(37-48)65-40-66(59-30-16-15-29-58(59)65)62-51(44-19-9-7-10-20-44)26-18-27-52(62)45-21-11-8-12-22-45;/h7-36,39-43H,1-6H3;/q-3;. The van der Waals surface area contributed by atoms with Gasteiger partial charge in [-0.25, -0.2) is 4.98 Å². The number of hydrogen-bond acceptors (Lipinski definition) is 5. The molecule has 0 N–H and O–H groups in total. The third-order valence-corrected chi connectivity index (χ3v) is 13.1. The summed E-state index contributed by atoms with van der Waals surface area (Å²) in [5, 5.41) is 2.15. The second kappa shape index (κ2) is 19.5. The monoisotopic (exact) mass is 1090 g/mol. The third-order valence-electron chi connectivity index (χ3n) is 13.1. The van der Waals surface area contributed by atoms with Gasteiger partial charge in [0.05, 0.1) is 0 Å². The van der Waals surface area contributed by atoms with Crippen LogP contribution in [0.2, 0.25) is 0 Å². The van der Waals surface area contributed by atoms with E-state index in [1.54, 1.807) is 0 Å². The molecule has 2 aromatic heterocycles. The molecular formula is C63H53N4O2Pt-3. The van der Waals surface area contributed by atoms with Crippen LogP contribution in [-0.4, -0.2) is 9.55 Å². The fourth-order valence-corrected chi connectivity index (χ4v) is 9.62. The van der Waals surface area contributed by atoms with Crippen molar-refractivity contribution in [3.8, 4) is 51.1 Å². The third kappa shape index (κ3) is 8.67. The zero-order chi connectivity index (χ0) is 47.2. The molecule has 0 spiro atoms. The Hall–Kier alpha value is -7.40. The van der Waals surface area contributed by atoms with Crippen molar-refractivity contribution in [2.75, 3.05) is 9.80 Å². The maximum atomic E-state index is 6.92. The van der Waals surface area contributed by atoms with Crippen molar-refractivity contribution in [3.05, 3.63) is 224 Å². The zero-order valence-electron chi connectivity index (χ0n) is 40.1. The van der Waals surface area contributed by atoms with E-state index in [2.05, 4.69) is 226 Å². The Balaban J connectivity index is 0.00000567. The first-order valence-electron chi connectivity index (χ1n) is 23.9. The van der Waals surface area contributed by atoms with Gasteiger partial charge in [-0.05, 0) is 75.2 Å². The van der Waals surface area contributed by atoms with Crippen LogP contribution in [-0.2, 0) is 21.1 Å². The minimum atomic E-state index is 0. The number of anilines is 4. The summed E-state index contributed by atoms with van der Waals surface area (Å²) in [7, 11) is 0. The van der Waals surface area contributed by atoms with Crippen LogP contribution in [0.3, 0.4) is 0 Å². The first kappa shape index (κ1) is 46.3. The largest absolute Gasteiger partial charge is 0.509 e. The molecule has 3 heterocycles. The van der Waals surface area contributed by atoms with E-state index in [1.165, 1.54) is 16.7 Å². The Bertz CT molecular complexity index is 3400. The summed E-state index contributed by atoms with van der Waals surface area (Å²) in [6.45, 7) is 15.6. The smallest absolute Gasteiger partial charge is 0.139 e. The Morgan fingerprint density at radius 3 is 1.77 bits per heavy atom. The van der Waals surface area contributed by atoms with Gasteiger partial charge in [-0.3, -0.25) is 0 Å². The summed E-state index contributed by atoms with van der Waals surface area (Å²) in [4.78, 5) is 9.44. The Morgan fingerprint density at radius 1 is 0.514 bits per heavy atom. The van der Waals surface area contributed by atoms with Crippen molar-refractivity contribution >= 4 is 44.6 Å². The number of rotatable bonds is 12. The number of fused-ring (bicyclic) bond motifs is 4. The van der Waals surface area contributed by atoms with Crippen LogP contribution < -0.4 is 19.3 Å². The topological polar surface area (TPSA) is 42.8 Å². The van der Waals surface area contributed by atoms with E-state index in [9.17, 15) is 0 Å². The molecule has 70 heavy (non-hydrogen) atoms. The van der Waals surface area contributed by atoms with Crippen molar-refractivity contribution in [2.24, 2.45) is 0 Å². The molecule has 0 bridgehead atoms. The van der Waals surface area contributed by atoms with Crippen molar-refractivity contribution in [3.63, 3.8) is 0 Å². The van der Waals surface area contributed by atoms with Gasteiger partial charge in [0.2, 0.25) is 0 Å². The maximum absolute atomic E-state index is 6.92. The number of hydrogen-bond donors (Lipinski definition) is 0. The Labute approximate surface area is 426 Å². The fourth-order valence-electron chi connectivity index (χ4n) is 9.62. The molecule has 6 nitrogen and oxygen atoms in total. The molecule has 10 aromatic rings. The van der Waals surface area contributed by atoms with Crippen LogP contribution in [0.1, 0.15) is 76.0 Å². The first-order chi connectivity index (χ1) is 33.7. The van der Waals surface area contributed by atoms with Crippen LogP contribution in [0.25, 0.3) is 49.9 Å². The number of aromatic nitrogens is 2. The molecule has 0 fully saturated rings. The summed E-state index contributed by atoms with van der Waals surface area (Å²) in [5.41, 5.74) is 14.3. The van der Waals surface area contributed by atoms with E-state index in [4.69, 9.17) is 14.5 Å². The molecule has 0 amide bonds. The minimum absolute atomic E-state index is 0. The fraction of sp³-hybridized carbons (Fsp3) is 0.143. The Kier molecular flexibility index (Phi) is 12.9. The van der Waals surface area contributed by atoms with Crippen LogP contribution in [0, 0.1) is 18.8 Å². The van der Waals surface area contributed by atoms with E-state index in [-0.39, 0.29) is 32.9 Å². The molecule has 0 radical (unpaired) electrons. The summed E-state index contributed by atoms with van der Waals surface area (Å²) < 4.78 is 15.8. The molecule has 1 aliphatic rings. The Morgan fingerprint density at radius 2 is 1.11 bits per heavy atom. The van der Waals surface area contributed by atoms with Gasteiger partial charge in [-0.2, -0.15) is 12.1 Å².